The number of ether oxygens (including phenoxy) is 3. The summed E-state index contributed by atoms with van der Waals surface area (Å²) in [5.74, 6) is -0.420. The summed E-state index contributed by atoms with van der Waals surface area (Å²) in [6.07, 6.45) is 2.99. The third-order valence-corrected chi connectivity index (χ3v) is 4.09. The van der Waals surface area contributed by atoms with Crippen LogP contribution in [0.25, 0.3) is 0 Å². The van der Waals surface area contributed by atoms with Crippen LogP contribution < -0.4 is 0 Å². The van der Waals surface area contributed by atoms with Crippen LogP contribution in [0.1, 0.15) is 31.2 Å². The first kappa shape index (κ1) is 18.3. The van der Waals surface area contributed by atoms with Gasteiger partial charge in [-0.05, 0) is 24.8 Å². The molecule has 0 spiro atoms. The molecule has 2 rings (SSSR count). The van der Waals surface area contributed by atoms with Crippen LogP contribution in [0.2, 0.25) is 0 Å². The predicted molar refractivity (Wildman–Crippen MR) is 88.4 cm³/mol. The number of carbonyl (C=O) groups excluding carboxylic acids is 2. The Kier molecular flexibility index (Phi) is 7.06. The quantitative estimate of drug-likeness (QED) is 0.748. The molecule has 6 nitrogen and oxygen atoms in total. The smallest absolute Gasteiger partial charge is 0.410 e. The molecule has 2 unspecified atom stereocenters. The summed E-state index contributed by atoms with van der Waals surface area (Å²) in [4.78, 5) is 25.1. The van der Waals surface area contributed by atoms with E-state index >= 15 is 0 Å². The van der Waals surface area contributed by atoms with Crippen molar-refractivity contribution in [3.05, 3.63) is 35.9 Å². The SMILES string of the molecule is COC1CCCC(OC(=O)CN(C)C(=O)OCc2ccccc2)C1. The second kappa shape index (κ2) is 9.27. The Balaban J connectivity index is 1.71. The third-order valence-electron chi connectivity index (χ3n) is 4.09. The molecule has 1 aliphatic rings. The molecule has 2 atom stereocenters. The lowest BCUT2D eigenvalue weighted by Crippen LogP contribution is -2.36. The van der Waals surface area contributed by atoms with E-state index in [0.29, 0.717) is 6.42 Å². The number of rotatable bonds is 6. The number of amides is 1. The molecule has 0 saturated heterocycles. The maximum absolute atomic E-state index is 12.0. The summed E-state index contributed by atoms with van der Waals surface area (Å²) in [5.41, 5.74) is 0.898. The van der Waals surface area contributed by atoms with Gasteiger partial charge in [-0.1, -0.05) is 30.3 Å². The van der Waals surface area contributed by atoms with E-state index in [9.17, 15) is 9.59 Å². The Labute approximate surface area is 142 Å². The average molecular weight is 335 g/mol. The van der Waals surface area contributed by atoms with Crippen LogP contribution in [-0.2, 0) is 25.6 Å². The highest BCUT2D eigenvalue weighted by molar-refractivity contribution is 5.77. The highest BCUT2D eigenvalue weighted by Gasteiger charge is 2.25. The molecule has 132 valence electrons. The van der Waals surface area contributed by atoms with Crippen LogP contribution in [0, 0.1) is 0 Å². The Morgan fingerprint density at radius 1 is 1.17 bits per heavy atom. The molecule has 24 heavy (non-hydrogen) atoms. The molecular formula is C18H25NO5. The molecule has 1 fully saturated rings. The molecule has 0 heterocycles. The molecule has 1 amide bonds. The van der Waals surface area contributed by atoms with E-state index < -0.39 is 12.1 Å². The molecule has 0 aliphatic heterocycles. The van der Waals surface area contributed by atoms with Crippen LogP contribution in [0.15, 0.2) is 30.3 Å². The summed E-state index contributed by atoms with van der Waals surface area (Å²) in [5, 5.41) is 0. The summed E-state index contributed by atoms with van der Waals surface area (Å²) in [7, 11) is 3.19. The monoisotopic (exact) mass is 335 g/mol. The Bertz CT molecular complexity index is 533. The Morgan fingerprint density at radius 2 is 1.88 bits per heavy atom. The minimum atomic E-state index is -0.547. The number of nitrogens with zero attached hydrogens (tertiary/aromatic N) is 1. The minimum Gasteiger partial charge on any atom is -0.461 e. The molecule has 6 heteroatoms. The normalized spacial score (nSPS) is 20.2. The first-order valence-electron chi connectivity index (χ1n) is 8.22. The summed E-state index contributed by atoms with van der Waals surface area (Å²) in [6.45, 7) is 0.0545. The largest absolute Gasteiger partial charge is 0.461 e. The zero-order valence-corrected chi connectivity index (χ0v) is 14.3. The lowest BCUT2D eigenvalue weighted by atomic mass is 9.95. The second-order valence-corrected chi connectivity index (χ2v) is 6.03. The van der Waals surface area contributed by atoms with E-state index in [2.05, 4.69) is 0 Å². The van der Waals surface area contributed by atoms with Gasteiger partial charge in [-0.3, -0.25) is 4.79 Å². The van der Waals surface area contributed by atoms with Gasteiger partial charge in [-0.2, -0.15) is 0 Å². The van der Waals surface area contributed by atoms with Gasteiger partial charge in [-0.15, -0.1) is 0 Å². The van der Waals surface area contributed by atoms with Gasteiger partial charge in [0.05, 0.1) is 6.10 Å². The number of likely N-dealkylation sites (N-methyl/N-ethyl adjacent to an activating group) is 1. The van der Waals surface area contributed by atoms with Crippen molar-refractivity contribution in [1.82, 2.24) is 4.90 Å². The maximum atomic E-state index is 12.0. The summed E-state index contributed by atoms with van der Waals surface area (Å²) < 4.78 is 15.9. The van der Waals surface area contributed by atoms with Crippen molar-refractivity contribution >= 4 is 12.1 Å². The van der Waals surface area contributed by atoms with Gasteiger partial charge in [0.15, 0.2) is 0 Å². The van der Waals surface area contributed by atoms with E-state index in [1.807, 2.05) is 30.3 Å². The van der Waals surface area contributed by atoms with Gasteiger partial charge in [-0.25, -0.2) is 4.79 Å². The second-order valence-electron chi connectivity index (χ2n) is 6.03. The minimum absolute atomic E-state index is 0.123. The van der Waals surface area contributed by atoms with Crippen molar-refractivity contribution in [3.63, 3.8) is 0 Å². The summed E-state index contributed by atoms with van der Waals surface area (Å²) in [6, 6.07) is 9.39. The number of carbonyl (C=O) groups is 2. The highest BCUT2D eigenvalue weighted by Crippen LogP contribution is 2.23. The van der Waals surface area contributed by atoms with Crippen molar-refractivity contribution in [2.75, 3.05) is 20.7 Å². The number of methoxy groups -OCH3 is 1. The van der Waals surface area contributed by atoms with Crippen molar-refractivity contribution in [2.45, 2.75) is 44.5 Å². The highest BCUT2D eigenvalue weighted by atomic mass is 16.6. The van der Waals surface area contributed by atoms with Gasteiger partial charge < -0.3 is 19.1 Å². The fraction of sp³-hybridized carbons (Fsp3) is 0.556. The zero-order chi connectivity index (χ0) is 17.4. The van der Waals surface area contributed by atoms with Gasteiger partial charge in [0, 0.05) is 20.6 Å². The van der Waals surface area contributed by atoms with E-state index in [-0.39, 0.29) is 25.4 Å². The van der Waals surface area contributed by atoms with Crippen LogP contribution >= 0.6 is 0 Å². The van der Waals surface area contributed by atoms with Crippen molar-refractivity contribution in [3.8, 4) is 0 Å². The first-order valence-corrected chi connectivity index (χ1v) is 8.22. The Hall–Kier alpha value is -2.08. The topological polar surface area (TPSA) is 65.1 Å². The number of hydrogen-bond acceptors (Lipinski definition) is 5. The van der Waals surface area contributed by atoms with E-state index in [0.717, 1.165) is 24.8 Å². The molecular weight excluding hydrogens is 310 g/mol. The number of hydrogen-bond donors (Lipinski definition) is 0. The van der Waals surface area contributed by atoms with Crippen LogP contribution in [-0.4, -0.2) is 49.9 Å². The number of esters is 1. The predicted octanol–water partition coefficient (Wildman–Crippen LogP) is 2.76. The fourth-order valence-corrected chi connectivity index (χ4v) is 2.73. The third kappa shape index (κ3) is 5.85. The van der Waals surface area contributed by atoms with Crippen molar-refractivity contribution < 1.29 is 23.8 Å². The lowest BCUT2D eigenvalue weighted by molar-refractivity contribution is -0.153. The molecule has 0 aromatic heterocycles. The maximum Gasteiger partial charge on any atom is 0.410 e. The van der Waals surface area contributed by atoms with Gasteiger partial charge in [0.25, 0.3) is 0 Å². The Morgan fingerprint density at radius 3 is 2.58 bits per heavy atom. The standard InChI is InChI=1S/C18H25NO5/c1-19(18(21)23-13-14-7-4-3-5-8-14)12-17(20)24-16-10-6-9-15(11-16)22-2/h3-5,7-8,15-16H,6,9-13H2,1-2H3. The first-order chi connectivity index (χ1) is 11.6. The van der Waals surface area contributed by atoms with Gasteiger partial charge >= 0.3 is 12.1 Å². The molecule has 0 bridgehead atoms. The molecule has 0 N–H and O–H groups in total. The van der Waals surface area contributed by atoms with Gasteiger partial charge in [0.1, 0.15) is 19.3 Å². The van der Waals surface area contributed by atoms with Crippen molar-refractivity contribution in [1.29, 1.82) is 0 Å². The van der Waals surface area contributed by atoms with E-state index in [1.165, 1.54) is 11.9 Å². The molecule has 1 aliphatic carbocycles. The van der Waals surface area contributed by atoms with Crippen LogP contribution in [0.3, 0.4) is 0 Å². The number of benzene rings is 1. The van der Waals surface area contributed by atoms with Gasteiger partial charge in [0.2, 0.25) is 0 Å². The summed E-state index contributed by atoms with van der Waals surface area (Å²) >= 11 is 0. The van der Waals surface area contributed by atoms with E-state index in [1.54, 1.807) is 7.11 Å². The molecule has 1 aromatic carbocycles. The van der Waals surface area contributed by atoms with E-state index in [4.69, 9.17) is 14.2 Å². The molecule has 0 radical (unpaired) electrons. The van der Waals surface area contributed by atoms with Crippen LogP contribution in [0.5, 0.6) is 0 Å². The zero-order valence-electron chi connectivity index (χ0n) is 14.3. The molecule has 1 aromatic rings. The average Bonchev–Trinajstić information content (AvgIpc) is 2.60. The van der Waals surface area contributed by atoms with Crippen molar-refractivity contribution in [2.24, 2.45) is 0 Å². The molecule has 1 saturated carbocycles. The van der Waals surface area contributed by atoms with Crippen LogP contribution in [0.4, 0.5) is 4.79 Å². The fourth-order valence-electron chi connectivity index (χ4n) is 2.73. The lowest BCUT2D eigenvalue weighted by Gasteiger charge is -2.28.